The minimum absolute atomic E-state index is 0.0167. The highest BCUT2D eigenvalue weighted by Crippen LogP contribution is 2.37. The zero-order chi connectivity index (χ0) is 22.5. The molecule has 1 aromatic carbocycles. The van der Waals surface area contributed by atoms with Crippen LogP contribution in [0.25, 0.3) is 11.2 Å². The average Bonchev–Trinajstić information content (AvgIpc) is 3.20. The Bertz CT molecular complexity index is 1010. The third-order valence-corrected chi connectivity index (χ3v) is 5.02. The van der Waals surface area contributed by atoms with Crippen LogP contribution < -0.4 is 20.1 Å². The Morgan fingerprint density at radius 1 is 1.13 bits per heavy atom. The van der Waals surface area contributed by atoms with Crippen molar-refractivity contribution in [1.82, 2.24) is 19.5 Å². The van der Waals surface area contributed by atoms with Crippen LogP contribution in [0.15, 0.2) is 18.5 Å². The summed E-state index contributed by atoms with van der Waals surface area (Å²) < 4.78 is 12.4. The molecule has 3 rings (SSSR count). The fraction of sp³-hybridized carbons (Fsp3) is 0.476. The van der Waals surface area contributed by atoms with Crippen molar-refractivity contribution < 1.29 is 19.7 Å². The number of aliphatic hydroxyl groups excluding tert-OH is 1. The zero-order valence-corrected chi connectivity index (χ0v) is 18.5. The fourth-order valence-electron chi connectivity index (χ4n) is 3.18. The second kappa shape index (κ2) is 9.69. The Balaban J connectivity index is 1.97. The van der Waals surface area contributed by atoms with Gasteiger partial charge in [0.05, 0.1) is 33.2 Å². The van der Waals surface area contributed by atoms with E-state index in [-0.39, 0.29) is 24.4 Å². The lowest BCUT2D eigenvalue weighted by atomic mass is 10.2. The van der Waals surface area contributed by atoms with Gasteiger partial charge in [0.2, 0.25) is 11.7 Å². The second-order valence-corrected chi connectivity index (χ2v) is 7.45. The van der Waals surface area contributed by atoms with Crippen molar-refractivity contribution in [2.75, 3.05) is 31.5 Å². The quantitative estimate of drug-likeness (QED) is 0.384. The lowest BCUT2D eigenvalue weighted by Gasteiger charge is -2.16. The summed E-state index contributed by atoms with van der Waals surface area (Å²) in [4.78, 5) is 13.7. The predicted molar refractivity (Wildman–Crippen MR) is 119 cm³/mol. The SMILES string of the molecule is CC[C@H](CO)Nc1nc(NCc2cc(OC)c(O)c(OC)c2)c2ncn(C(C)C)c2n1. The van der Waals surface area contributed by atoms with Crippen molar-refractivity contribution >= 4 is 22.9 Å². The monoisotopic (exact) mass is 430 g/mol. The van der Waals surface area contributed by atoms with Crippen molar-refractivity contribution in [3.8, 4) is 17.2 Å². The van der Waals surface area contributed by atoms with Crippen LogP contribution in [0, 0.1) is 0 Å². The van der Waals surface area contributed by atoms with E-state index in [0.717, 1.165) is 12.0 Å². The fourth-order valence-corrected chi connectivity index (χ4v) is 3.18. The summed E-state index contributed by atoms with van der Waals surface area (Å²) in [7, 11) is 2.98. The summed E-state index contributed by atoms with van der Waals surface area (Å²) in [6.07, 6.45) is 2.48. The highest BCUT2D eigenvalue weighted by molar-refractivity contribution is 5.84. The van der Waals surface area contributed by atoms with Crippen LogP contribution in [0.2, 0.25) is 0 Å². The normalized spacial score (nSPS) is 12.2. The Morgan fingerprint density at radius 2 is 1.81 bits per heavy atom. The molecule has 0 bridgehead atoms. The number of nitrogens with zero attached hydrogens (tertiary/aromatic N) is 4. The van der Waals surface area contributed by atoms with E-state index in [2.05, 4.69) is 39.4 Å². The summed E-state index contributed by atoms with van der Waals surface area (Å²) in [6.45, 7) is 6.47. The molecule has 2 heterocycles. The van der Waals surface area contributed by atoms with Gasteiger partial charge in [-0.25, -0.2) is 4.98 Å². The van der Waals surface area contributed by atoms with Gasteiger partial charge >= 0.3 is 0 Å². The average molecular weight is 431 g/mol. The van der Waals surface area contributed by atoms with Gasteiger partial charge in [0.1, 0.15) is 0 Å². The summed E-state index contributed by atoms with van der Waals surface area (Å²) in [6, 6.07) is 3.49. The van der Waals surface area contributed by atoms with Crippen LogP contribution in [0.5, 0.6) is 17.2 Å². The Hall–Kier alpha value is -3.27. The third kappa shape index (κ3) is 4.74. The lowest BCUT2D eigenvalue weighted by Crippen LogP contribution is -2.24. The van der Waals surface area contributed by atoms with Crippen LogP contribution >= 0.6 is 0 Å². The predicted octanol–water partition coefficient (Wildman–Crippen LogP) is 2.92. The number of imidazole rings is 1. The van der Waals surface area contributed by atoms with Crippen LogP contribution in [0.1, 0.15) is 38.8 Å². The van der Waals surface area contributed by atoms with Gasteiger partial charge in [0.15, 0.2) is 28.5 Å². The third-order valence-electron chi connectivity index (χ3n) is 5.02. The molecule has 0 unspecified atom stereocenters. The maximum atomic E-state index is 10.1. The highest BCUT2D eigenvalue weighted by Gasteiger charge is 2.17. The largest absolute Gasteiger partial charge is 0.502 e. The standard InChI is InChI=1S/C21H30N6O4/c1-6-14(10-28)24-21-25-19(17-20(26-21)27(11-23-17)12(2)3)22-9-13-7-15(30-4)18(29)16(8-13)31-5/h7-8,11-12,14,28-29H,6,9-10H2,1-5H3,(H2,22,24,25,26)/t14-/m1/s1. The molecule has 0 amide bonds. The molecule has 0 aliphatic rings. The van der Waals surface area contributed by atoms with Crippen LogP contribution in [0.3, 0.4) is 0 Å². The Labute approximate surface area is 181 Å². The number of fused-ring (bicyclic) bond motifs is 1. The number of aromatic nitrogens is 4. The van der Waals surface area contributed by atoms with Gasteiger partial charge < -0.3 is 34.9 Å². The van der Waals surface area contributed by atoms with Gasteiger partial charge in [0.25, 0.3) is 0 Å². The lowest BCUT2D eigenvalue weighted by molar-refractivity contribution is 0.271. The molecule has 0 aliphatic carbocycles. The number of anilines is 2. The summed E-state index contributed by atoms with van der Waals surface area (Å²) >= 11 is 0. The van der Waals surface area contributed by atoms with Crippen molar-refractivity contribution in [3.63, 3.8) is 0 Å². The first-order chi connectivity index (χ1) is 14.9. The molecule has 0 spiro atoms. The molecule has 10 heteroatoms. The summed E-state index contributed by atoms with van der Waals surface area (Å²) in [5.74, 6) is 1.58. The van der Waals surface area contributed by atoms with Crippen LogP contribution in [0.4, 0.5) is 11.8 Å². The van der Waals surface area contributed by atoms with Gasteiger partial charge in [-0.3, -0.25) is 0 Å². The molecule has 2 aromatic heterocycles. The number of ether oxygens (including phenoxy) is 2. The molecule has 1 atom stereocenters. The molecule has 10 nitrogen and oxygen atoms in total. The van der Waals surface area contributed by atoms with E-state index in [0.29, 0.717) is 41.0 Å². The van der Waals surface area contributed by atoms with E-state index in [9.17, 15) is 10.2 Å². The van der Waals surface area contributed by atoms with E-state index in [4.69, 9.17) is 9.47 Å². The number of hydrogen-bond acceptors (Lipinski definition) is 9. The number of nitrogens with one attached hydrogen (secondary N) is 2. The molecule has 0 saturated heterocycles. The highest BCUT2D eigenvalue weighted by atomic mass is 16.5. The number of aliphatic hydroxyl groups is 1. The van der Waals surface area contributed by atoms with E-state index in [1.54, 1.807) is 18.5 Å². The number of hydrogen-bond donors (Lipinski definition) is 4. The smallest absolute Gasteiger partial charge is 0.227 e. The van der Waals surface area contributed by atoms with Gasteiger partial charge in [-0.2, -0.15) is 9.97 Å². The van der Waals surface area contributed by atoms with E-state index in [1.807, 2.05) is 11.5 Å². The summed E-state index contributed by atoms with van der Waals surface area (Å²) in [5, 5.41) is 26.2. The molecule has 0 saturated carbocycles. The molecule has 0 radical (unpaired) electrons. The van der Waals surface area contributed by atoms with E-state index >= 15 is 0 Å². The van der Waals surface area contributed by atoms with Gasteiger partial charge in [-0.15, -0.1) is 0 Å². The first kappa shape index (κ1) is 22.4. The maximum absolute atomic E-state index is 10.1. The topological polar surface area (TPSA) is 127 Å². The minimum Gasteiger partial charge on any atom is -0.502 e. The molecular weight excluding hydrogens is 400 g/mol. The zero-order valence-electron chi connectivity index (χ0n) is 18.5. The van der Waals surface area contributed by atoms with Crippen LogP contribution in [-0.2, 0) is 6.54 Å². The first-order valence-corrected chi connectivity index (χ1v) is 10.2. The number of aromatic hydroxyl groups is 1. The van der Waals surface area contributed by atoms with Crippen LogP contribution in [-0.4, -0.2) is 56.6 Å². The number of rotatable bonds is 10. The molecule has 168 valence electrons. The van der Waals surface area contributed by atoms with Crippen molar-refractivity contribution in [2.45, 2.75) is 45.8 Å². The minimum atomic E-state index is -0.147. The first-order valence-electron chi connectivity index (χ1n) is 10.2. The number of phenolic OH excluding ortho intramolecular Hbond substituents is 1. The van der Waals surface area contributed by atoms with Crippen molar-refractivity contribution in [3.05, 3.63) is 24.0 Å². The molecule has 31 heavy (non-hydrogen) atoms. The molecule has 4 N–H and O–H groups in total. The van der Waals surface area contributed by atoms with E-state index in [1.165, 1.54) is 14.2 Å². The number of phenols is 1. The molecule has 3 aromatic rings. The van der Waals surface area contributed by atoms with Gasteiger partial charge in [-0.05, 0) is 38.0 Å². The maximum Gasteiger partial charge on any atom is 0.227 e. The number of benzene rings is 1. The van der Waals surface area contributed by atoms with Crippen molar-refractivity contribution in [2.24, 2.45) is 0 Å². The van der Waals surface area contributed by atoms with Gasteiger partial charge in [-0.1, -0.05) is 6.92 Å². The molecule has 0 fully saturated rings. The molecular formula is C21H30N6O4. The second-order valence-electron chi connectivity index (χ2n) is 7.45. The number of methoxy groups -OCH3 is 2. The Morgan fingerprint density at radius 3 is 2.35 bits per heavy atom. The van der Waals surface area contributed by atoms with E-state index < -0.39 is 0 Å². The van der Waals surface area contributed by atoms with Crippen molar-refractivity contribution in [1.29, 1.82) is 0 Å². The molecule has 0 aliphatic heterocycles. The van der Waals surface area contributed by atoms with Gasteiger partial charge in [0, 0.05) is 12.6 Å². The summed E-state index contributed by atoms with van der Waals surface area (Å²) in [5.41, 5.74) is 2.18. The Kier molecular flexibility index (Phi) is 7.01.